The zero-order valence-corrected chi connectivity index (χ0v) is 17.4. The largest absolute Gasteiger partial charge is 1.00 e. The van der Waals surface area contributed by atoms with Crippen molar-refractivity contribution in [2.45, 2.75) is 45.4 Å². The van der Waals surface area contributed by atoms with E-state index >= 15 is 0 Å². The summed E-state index contributed by atoms with van der Waals surface area (Å²) < 4.78 is 15.2. The summed E-state index contributed by atoms with van der Waals surface area (Å²) in [5.74, 6) is 0. The van der Waals surface area contributed by atoms with Gasteiger partial charge in [-0.1, -0.05) is 39.0 Å². The van der Waals surface area contributed by atoms with Crippen molar-refractivity contribution in [2.75, 3.05) is 27.4 Å². The van der Waals surface area contributed by atoms with E-state index in [1.807, 2.05) is 6.07 Å². The molecule has 0 fully saturated rings. The SMILES string of the molecule is CCCCCCCCOC[N+](C)(C)c1ccc2nsnc2c1.[I-]. The van der Waals surface area contributed by atoms with Crippen LogP contribution in [-0.2, 0) is 4.74 Å². The zero-order valence-electron chi connectivity index (χ0n) is 14.4. The number of nitrogens with zero attached hydrogens (tertiary/aromatic N) is 3. The molecule has 1 heterocycles. The third-order valence-corrected chi connectivity index (χ3v) is 4.55. The standard InChI is InChI=1S/C17H28N3OS.HI/c1-4-5-6-7-8-9-12-21-14-20(2,3)15-10-11-16-17(13-15)19-22-18-16;/h10-11,13H,4-9,12,14H2,1-3H3;1H/q+1;/p-1. The van der Waals surface area contributed by atoms with Crippen LogP contribution in [0.4, 0.5) is 5.69 Å². The third-order valence-electron chi connectivity index (χ3n) is 3.99. The first-order valence-corrected chi connectivity index (χ1v) is 9.00. The monoisotopic (exact) mass is 449 g/mol. The first kappa shape index (κ1) is 20.7. The van der Waals surface area contributed by atoms with Gasteiger partial charge in [0, 0.05) is 12.1 Å². The van der Waals surface area contributed by atoms with Gasteiger partial charge in [0.25, 0.3) is 0 Å². The van der Waals surface area contributed by atoms with E-state index in [-0.39, 0.29) is 24.0 Å². The van der Waals surface area contributed by atoms with E-state index in [0.29, 0.717) is 11.2 Å². The van der Waals surface area contributed by atoms with Crippen LogP contribution in [0.3, 0.4) is 0 Å². The highest BCUT2D eigenvalue weighted by Crippen LogP contribution is 2.23. The molecule has 4 nitrogen and oxygen atoms in total. The Balaban J connectivity index is 0.00000264. The van der Waals surface area contributed by atoms with Crippen molar-refractivity contribution in [3.63, 3.8) is 0 Å². The molecular weight excluding hydrogens is 421 g/mol. The fourth-order valence-corrected chi connectivity index (χ4v) is 3.02. The van der Waals surface area contributed by atoms with Crippen LogP contribution in [0, 0.1) is 0 Å². The van der Waals surface area contributed by atoms with Gasteiger partial charge in [0.1, 0.15) is 16.7 Å². The Labute approximate surface area is 161 Å². The van der Waals surface area contributed by atoms with E-state index in [9.17, 15) is 0 Å². The third kappa shape index (κ3) is 6.60. The van der Waals surface area contributed by atoms with Gasteiger partial charge >= 0.3 is 0 Å². The van der Waals surface area contributed by atoms with Gasteiger partial charge in [-0.15, -0.1) is 0 Å². The molecule has 0 atom stereocenters. The Morgan fingerprint density at radius 2 is 1.70 bits per heavy atom. The van der Waals surface area contributed by atoms with Gasteiger partial charge in [-0.05, 0) is 12.5 Å². The predicted molar refractivity (Wildman–Crippen MR) is 95.3 cm³/mol. The molecule has 1 aromatic carbocycles. The number of ether oxygens (including phenoxy) is 1. The molecule has 0 saturated heterocycles. The molecule has 0 aliphatic heterocycles. The van der Waals surface area contributed by atoms with E-state index < -0.39 is 0 Å². The van der Waals surface area contributed by atoms with Crippen molar-refractivity contribution >= 4 is 28.4 Å². The number of unbranched alkanes of at least 4 members (excludes halogenated alkanes) is 5. The van der Waals surface area contributed by atoms with Crippen LogP contribution in [-0.4, -0.2) is 36.2 Å². The van der Waals surface area contributed by atoms with E-state index in [4.69, 9.17) is 4.74 Å². The number of benzene rings is 1. The summed E-state index contributed by atoms with van der Waals surface area (Å²) in [7, 11) is 4.34. The quantitative estimate of drug-likeness (QED) is 0.239. The number of quaternary nitrogens is 1. The van der Waals surface area contributed by atoms with E-state index in [0.717, 1.165) is 17.6 Å². The molecule has 0 bridgehead atoms. The van der Waals surface area contributed by atoms with E-state index in [2.05, 4.69) is 41.9 Å². The molecule has 0 aliphatic rings. The van der Waals surface area contributed by atoms with Crippen molar-refractivity contribution in [3.8, 4) is 0 Å². The molecular formula is C17H28IN3OS. The summed E-state index contributed by atoms with van der Waals surface area (Å²) in [6.45, 7) is 3.80. The average Bonchev–Trinajstić information content (AvgIpc) is 2.97. The van der Waals surface area contributed by atoms with Gasteiger partial charge in [0.2, 0.25) is 0 Å². The highest BCUT2D eigenvalue weighted by atomic mass is 127. The summed E-state index contributed by atoms with van der Waals surface area (Å²) in [6.07, 6.45) is 7.81. The summed E-state index contributed by atoms with van der Waals surface area (Å²) >= 11 is 1.27. The fourth-order valence-electron chi connectivity index (χ4n) is 2.50. The summed E-state index contributed by atoms with van der Waals surface area (Å²) in [5, 5.41) is 0. The lowest BCUT2D eigenvalue weighted by Crippen LogP contribution is -3.00. The van der Waals surface area contributed by atoms with Crippen LogP contribution >= 0.6 is 11.7 Å². The van der Waals surface area contributed by atoms with Crippen LogP contribution in [0.2, 0.25) is 0 Å². The number of fused-ring (bicyclic) bond motifs is 1. The second-order valence-electron chi connectivity index (χ2n) is 6.43. The Hall–Kier alpha value is -0.310. The lowest BCUT2D eigenvalue weighted by atomic mass is 10.1. The zero-order chi connectivity index (χ0) is 15.8. The molecule has 2 aromatic rings. The lowest BCUT2D eigenvalue weighted by Gasteiger charge is -2.28. The minimum absolute atomic E-state index is 0. The molecule has 0 N–H and O–H groups in total. The molecule has 0 spiro atoms. The van der Waals surface area contributed by atoms with Gasteiger partial charge in [-0.25, -0.2) is 0 Å². The highest BCUT2D eigenvalue weighted by molar-refractivity contribution is 7.00. The molecule has 6 heteroatoms. The van der Waals surface area contributed by atoms with Crippen molar-refractivity contribution < 1.29 is 28.7 Å². The lowest BCUT2D eigenvalue weighted by molar-refractivity contribution is -0.00000538. The molecule has 0 saturated carbocycles. The average molecular weight is 449 g/mol. The summed E-state index contributed by atoms with van der Waals surface area (Å²) in [6, 6.07) is 6.28. The van der Waals surface area contributed by atoms with Crippen LogP contribution < -0.4 is 28.5 Å². The number of rotatable bonds is 10. The van der Waals surface area contributed by atoms with Gasteiger partial charge < -0.3 is 28.7 Å². The second-order valence-corrected chi connectivity index (χ2v) is 6.96. The molecule has 0 radical (unpaired) electrons. The van der Waals surface area contributed by atoms with Crippen molar-refractivity contribution in [1.29, 1.82) is 0 Å². The molecule has 0 aliphatic carbocycles. The molecule has 0 amide bonds. The minimum Gasteiger partial charge on any atom is -1.00 e. The topological polar surface area (TPSA) is 35.0 Å². The Kier molecular flexibility index (Phi) is 9.50. The molecule has 2 rings (SSSR count). The maximum atomic E-state index is 5.89. The molecule has 130 valence electrons. The number of aromatic nitrogens is 2. The van der Waals surface area contributed by atoms with Crippen molar-refractivity contribution in [3.05, 3.63) is 18.2 Å². The molecule has 0 unspecified atom stereocenters. The fraction of sp³-hybridized carbons (Fsp3) is 0.647. The summed E-state index contributed by atoms with van der Waals surface area (Å²) in [4.78, 5) is 0. The first-order chi connectivity index (χ1) is 10.6. The normalized spacial score (nSPS) is 11.6. The van der Waals surface area contributed by atoms with Gasteiger partial charge in [-0.3, -0.25) is 4.48 Å². The highest BCUT2D eigenvalue weighted by Gasteiger charge is 2.20. The van der Waals surface area contributed by atoms with Crippen LogP contribution in [0.25, 0.3) is 11.0 Å². The van der Waals surface area contributed by atoms with Crippen molar-refractivity contribution in [2.24, 2.45) is 0 Å². The predicted octanol–water partition coefficient (Wildman–Crippen LogP) is 1.60. The Morgan fingerprint density at radius 1 is 1.00 bits per heavy atom. The number of halogens is 1. The Bertz CT molecular complexity index is 574. The smallest absolute Gasteiger partial charge is 0.187 e. The van der Waals surface area contributed by atoms with Gasteiger partial charge in [0.05, 0.1) is 32.4 Å². The van der Waals surface area contributed by atoms with Crippen LogP contribution in [0.1, 0.15) is 45.4 Å². The number of hydrogen-bond acceptors (Lipinski definition) is 4. The van der Waals surface area contributed by atoms with E-state index in [1.165, 1.54) is 55.9 Å². The Morgan fingerprint density at radius 3 is 2.48 bits per heavy atom. The molecule has 1 aromatic heterocycles. The summed E-state index contributed by atoms with van der Waals surface area (Å²) in [5.41, 5.74) is 3.16. The van der Waals surface area contributed by atoms with Crippen molar-refractivity contribution in [1.82, 2.24) is 13.2 Å². The second kappa shape index (κ2) is 10.5. The maximum absolute atomic E-state index is 5.89. The number of hydrogen-bond donors (Lipinski definition) is 0. The van der Waals surface area contributed by atoms with Crippen LogP contribution in [0.5, 0.6) is 0 Å². The minimum atomic E-state index is 0. The molecule has 23 heavy (non-hydrogen) atoms. The van der Waals surface area contributed by atoms with Crippen LogP contribution in [0.15, 0.2) is 18.2 Å². The first-order valence-electron chi connectivity index (χ1n) is 8.27. The maximum Gasteiger partial charge on any atom is 0.187 e. The van der Waals surface area contributed by atoms with E-state index in [1.54, 1.807) is 0 Å². The van der Waals surface area contributed by atoms with Gasteiger partial charge in [-0.2, -0.15) is 8.75 Å². The van der Waals surface area contributed by atoms with Gasteiger partial charge in [0.15, 0.2) is 6.73 Å².